The molecule has 0 radical (unpaired) electrons. The Balaban J connectivity index is 3.34. The van der Waals surface area contributed by atoms with Gasteiger partial charge < -0.3 is 0 Å². The second-order valence-corrected chi connectivity index (χ2v) is 4.54. The monoisotopic (exact) mass is 118 g/mol. The predicted molar refractivity (Wildman–Crippen MR) is 34.8 cm³/mol. The maximum Gasteiger partial charge on any atom is 0.139 e. The standard InChI is InChI=1S/C5H11OP/c1-5(2,3)7-4-6/h4,7H,1-3H3. The molecule has 0 aliphatic rings. The van der Waals surface area contributed by atoms with Gasteiger partial charge in [-0.15, -0.1) is 0 Å². The first kappa shape index (κ1) is 7.10. The highest BCUT2D eigenvalue weighted by Gasteiger charge is 2.06. The molecule has 0 saturated carbocycles. The topological polar surface area (TPSA) is 17.1 Å². The summed E-state index contributed by atoms with van der Waals surface area (Å²) >= 11 is 0. The largest absolute Gasteiger partial charge is 0.299 e. The highest BCUT2D eigenvalue weighted by atomic mass is 31.1. The molecule has 0 spiro atoms. The van der Waals surface area contributed by atoms with Crippen LogP contribution in [0.3, 0.4) is 0 Å². The zero-order chi connectivity index (χ0) is 5.91. The molecule has 0 heterocycles. The molecule has 0 N–H and O–H groups in total. The lowest BCUT2D eigenvalue weighted by molar-refractivity contribution is 0.568. The van der Waals surface area contributed by atoms with Crippen LogP contribution in [-0.4, -0.2) is 11.2 Å². The van der Waals surface area contributed by atoms with Crippen LogP contribution in [0, 0.1) is 0 Å². The molecular weight excluding hydrogens is 107 g/mol. The Morgan fingerprint density at radius 2 is 1.86 bits per heavy atom. The average Bonchev–Trinajstić information content (AvgIpc) is 1.30. The number of rotatable bonds is 1. The molecule has 2 heteroatoms. The van der Waals surface area contributed by atoms with E-state index in [1.165, 1.54) is 0 Å². The summed E-state index contributed by atoms with van der Waals surface area (Å²) in [6.07, 6.45) is 0. The molecule has 42 valence electrons. The first-order chi connectivity index (χ1) is 3.06. The molecule has 0 bridgehead atoms. The minimum atomic E-state index is 0.210. The van der Waals surface area contributed by atoms with Crippen LogP contribution in [0.5, 0.6) is 0 Å². The van der Waals surface area contributed by atoms with E-state index in [2.05, 4.69) is 20.8 Å². The number of hydrogen-bond acceptors (Lipinski definition) is 1. The predicted octanol–water partition coefficient (Wildman–Crippen LogP) is 1.65. The first-order valence-electron chi connectivity index (χ1n) is 2.27. The summed E-state index contributed by atoms with van der Waals surface area (Å²) in [6, 6.07) is 0.986. The SMILES string of the molecule is CC(C)(C)PC=O. The molecule has 0 aromatic rings. The van der Waals surface area contributed by atoms with Gasteiger partial charge >= 0.3 is 0 Å². The Bertz CT molecular complexity index is 63.0. The Hall–Kier alpha value is 0.100. The fourth-order valence-corrected chi connectivity index (χ4v) is 0.530. The van der Waals surface area contributed by atoms with Crippen molar-refractivity contribution in [2.75, 3.05) is 0 Å². The van der Waals surface area contributed by atoms with E-state index < -0.39 is 0 Å². The Kier molecular flexibility index (Phi) is 2.45. The molecule has 0 aliphatic carbocycles. The zero-order valence-corrected chi connectivity index (χ0v) is 5.99. The lowest BCUT2D eigenvalue weighted by Crippen LogP contribution is -2.03. The normalized spacial score (nSPS) is 13.0. The molecule has 0 rings (SSSR count). The molecule has 1 nitrogen and oxygen atoms in total. The molecule has 1 unspecified atom stereocenters. The molecule has 0 saturated heterocycles. The van der Waals surface area contributed by atoms with Gasteiger partial charge in [0.25, 0.3) is 0 Å². The van der Waals surface area contributed by atoms with Crippen LogP contribution in [-0.2, 0) is 4.79 Å². The minimum absolute atomic E-state index is 0.210. The van der Waals surface area contributed by atoms with Crippen molar-refractivity contribution in [1.82, 2.24) is 0 Å². The number of carbonyl (C=O) groups is 1. The summed E-state index contributed by atoms with van der Waals surface area (Å²) in [7, 11) is 0.444. The summed E-state index contributed by atoms with van der Waals surface area (Å²) in [5.41, 5.74) is 0. The molecule has 0 aromatic heterocycles. The smallest absolute Gasteiger partial charge is 0.139 e. The van der Waals surface area contributed by atoms with Gasteiger partial charge in [-0.2, -0.15) is 0 Å². The van der Waals surface area contributed by atoms with Gasteiger partial charge in [0.2, 0.25) is 0 Å². The molecule has 7 heavy (non-hydrogen) atoms. The highest BCUT2D eigenvalue weighted by Crippen LogP contribution is 2.26. The van der Waals surface area contributed by atoms with Crippen LogP contribution in [0.1, 0.15) is 20.8 Å². The van der Waals surface area contributed by atoms with Gasteiger partial charge in [0.05, 0.1) is 0 Å². The minimum Gasteiger partial charge on any atom is -0.299 e. The van der Waals surface area contributed by atoms with Gasteiger partial charge in [-0.1, -0.05) is 20.8 Å². The van der Waals surface area contributed by atoms with Gasteiger partial charge in [0.1, 0.15) is 6.03 Å². The van der Waals surface area contributed by atoms with Crippen LogP contribution in [0.25, 0.3) is 0 Å². The van der Waals surface area contributed by atoms with Crippen LogP contribution >= 0.6 is 8.58 Å². The number of hydrogen-bond donors (Lipinski definition) is 0. The van der Waals surface area contributed by atoms with E-state index in [0.29, 0.717) is 8.58 Å². The van der Waals surface area contributed by atoms with E-state index in [-0.39, 0.29) is 5.16 Å². The van der Waals surface area contributed by atoms with Gasteiger partial charge in [0, 0.05) is 0 Å². The molecule has 0 fully saturated rings. The zero-order valence-electron chi connectivity index (χ0n) is 4.99. The van der Waals surface area contributed by atoms with Crippen molar-refractivity contribution in [2.24, 2.45) is 0 Å². The van der Waals surface area contributed by atoms with Crippen molar-refractivity contribution < 1.29 is 4.79 Å². The summed E-state index contributed by atoms with van der Waals surface area (Å²) in [5, 5.41) is 0.210. The van der Waals surface area contributed by atoms with E-state index in [9.17, 15) is 4.79 Å². The Morgan fingerprint density at radius 3 is 1.86 bits per heavy atom. The van der Waals surface area contributed by atoms with Crippen molar-refractivity contribution in [3.63, 3.8) is 0 Å². The van der Waals surface area contributed by atoms with Crippen molar-refractivity contribution in [2.45, 2.75) is 25.9 Å². The van der Waals surface area contributed by atoms with Crippen LogP contribution in [0.2, 0.25) is 0 Å². The van der Waals surface area contributed by atoms with Crippen molar-refractivity contribution in [1.29, 1.82) is 0 Å². The van der Waals surface area contributed by atoms with Crippen molar-refractivity contribution in [3.05, 3.63) is 0 Å². The first-order valence-corrected chi connectivity index (χ1v) is 3.35. The van der Waals surface area contributed by atoms with Crippen LogP contribution in [0.4, 0.5) is 0 Å². The fraction of sp³-hybridized carbons (Fsp3) is 0.800. The lowest BCUT2D eigenvalue weighted by Gasteiger charge is -2.11. The van der Waals surface area contributed by atoms with E-state index >= 15 is 0 Å². The van der Waals surface area contributed by atoms with E-state index in [0.717, 1.165) is 6.03 Å². The van der Waals surface area contributed by atoms with Crippen molar-refractivity contribution in [3.8, 4) is 0 Å². The van der Waals surface area contributed by atoms with Gasteiger partial charge in [0.15, 0.2) is 0 Å². The summed E-state index contributed by atoms with van der Waals surface area (Å²) in [4.78, 5) is 9.83. The van der Waals surface area contributed by atoms with Gasteiger partial charge in [-0.25, -0.2) is 0 Å². The quantitative estimate of drug-likeness (QED) is 0.378. The molecule has 0 aromatic carbocycles. The fourth-order valence-electron chi connectivity index (χ4n) is 0.177. The molecule has 1 atom stereocenters. The second kappa shape index (κ2) is 2.42. The highest BCUT2D eigenvalue weighted by molar-refractivity contribution is 7.56. The van der Waals surface area contributed by atoms with E-state index in [4.69, 9.17) is 0 Å². The van der Waals surface area contributed by atoms with Crippen LogP contribution in [0.15, 0.2) is 0 Å². The maximum absolute atomic E-state index is 9.83. The maximum atomic E-state index is 9.83. The summed E-state index contributed by atoms with van der Waals surface area (Å²) in [5.74, 6) is 0. The van der Waals surface area contributed by atoms with Gasteiger partial charge in [-0.05, 0) is 13.7 Å². The van der Waals surface area contributed by atoms with Crippen LogP contribution < -0.4 is 0 Å². The molecule has 0 aliphatic heterocycles. The number of carbonyl (C=O) groups excluding carboxylic acids is 1. The average molecular weight is 118 g/mol. The summed E-state index contributed by atoms with van der Waals surface area (Å²) < 4.78 is 0. The van der Waals surface area contributed by atoms with Gasteiger partial charge in [-0.3, -0.25) is 4.79 Å². The Morgan fingerprint density at radius 1 is 1.43 bits per heavy atom. The van der Waals surface area contributed by atoms with E-state index in [1.54, 1.807) is 0 Å². The molecular formula is C5H11OP. The summed E-state index contributed by atoms with van der Waals surface area (Å²) in [6.45, 7) is 6.17. The van der Waals surface area contributed by atoms with Crippen molar-refractivity contribution >= 4 is 14.6 Å². The van der Waals surface area contributed by atoms with E-state index in [1.807, 2.05) is 0 Å². The lowest BCUT2D eigenvalue weighted by atomic mass is 10.3. The molecule has 0 amide bonds. The third-order valence-electron chi connectivity index (χ3n) is 0.492. The third-order valence-corrected chi connectivity index (χ3v) is 1.48. The Labute approximate surface area is 46.3 Å². The third kappa shape index (κ3) is 6.10. The second-order valence-electron chi connectivity index (χ2n) is 2.51.